The summed E-state index contributed by atoms with van der Waals surface area (Å²) in [6, 6.07) is 13.8. The van der Waals surface area contributed by atoms with E-state index in [1.54, 1.807) is 36.4 Å². The largest absolute Gasteiger partial charge is 0.481 e. The minimum absolute atomic E-state index is 0.590. The summed E-state index contributed by atoms with van der Waals surface area (Å²) in [7, 11) is 1.61. The molecule has 0 radical (unpaired) electrons. The highest BCUT2D eigenvalue weighted by molar-refractivity contribution is 7.97. The highest BCUT2D eigenvalue weighted by Gasteiger charge is 2.12. The summed E-state index contributed by atoms with van der Waals surface area (Å²) in [5, 5.41) is 2.81. The molecule has 0 N–H and O–H groups in total. The maximum atomic E-state index is 6.06. The first-order chi connectivity index (χ1) is 13.2. The fraction of sp³-hybridized carbons (Fsp3) is 0.150. The van der Waals surface area contributed by atoms with Gasteiger partial charge in [0.2, 0.25) is 5.88 Å². The van der Waals surface area contributed by atoms with Crippen molar-refractivity contribution < 1.29 is 4.74 Å². The number of benzene rings is 1. The number of rotatable bonds is 6. The maximum Gasteiger partial charge on any atom is 0.212 e. The first-order valence-electron chi connectivity index (χ1n) is 8.29. The average Bonchev–Trinajstić information content (AvgIpc) is 3.16. The van der Waals surface area contributed by atoms with Crippen molar-refractivity contribution in [1.29, 1.82) is 0 Å². The van der Waals surface area contributed by atoms with E-state index in [-0.39, 0.29) is 0 Å². The van der Waals surface area contributed by atoms with Crippen LogP contribution in [-0.4, -0.2) is 22.1 Å². The molecule has 1 aromatic carbocycles. The average molecular weight is 414 g/mol. The first-order valence-corrected chi connectivity index (χ1v) is 10.7. The lowest BCUT2D eigenvalue weighted by Gasteiger charge is -2.07. The van der Waals surface area contributed by atoms with Crippen LogP contribution in [-0.2, 0) is 11.5 Å². The molecule has 0 saturated heterocycles. The van der Waals surface area contributed by atoms with E-state index in [1.165, 1.54) is 5.56 Å². The van der Waals surface area contributed by atoms with Crippen LogP contribution >= 0.6 is 34.7 Å². The second-order valence-electron chi connectivity index (χ2n) is 5.84. The van der Waals surface area contributed by atoms with Crippen LogP contribution in [0.4, 0.5) is 0 Å². The van der Waals surface area contributed by atoms with E-state index < -0.39 is 0 Å². The third-order valence-electron chi connectivity index (χ3n) is 3.96. The monoisotopic (exact) mass is 413 g/mol. The summed E-state index contributed by atoms with van der Waals surface area (Å²) in [5.41, 5.74) is 4.05. The maximum absolute atomic E-state index is 6.06. The van der Waals surface area contributed by atoms with Crippen LogP contribution < -0.4 is 4.74 Å². The number of thioether (sulfide) groups is 1. The van der Waals surface area contributed by atoms with Crippen LogP contribution in [0.3, 0.4) is 0 Å². The first kappa shape index (κ1) is 18.2. The normalized spacial score (nSPS) is 11.0. The Balaban J connectivity index is 1.58. The van der Waals surface area contributed by atoms with E-state index in [1.807, 2.05) is 41.8 Å². The highest BCUT2D eigenvalue weighted by atomic mass is 35.5. The number of methoxy groups -OCH3 is 1. The van der Waals surface area contributed by atoms with Crippen LogP contribution in [0.1, 0.15) is 11.4 Å². The molecular weight excluding hydrogens is 398 g/mol. The number of hydrogen-bond acceptors (Lipinski definition) is 6. The lowest BCUT2D eigenvalue weighted by molar-refractivity contribution is 0.398. The smallest absolute Gasteiger partial charge is 0.212 e. The molecule has 0 bridgehead atoms. The molecule has 0 atom stereocenters. The van der Waals surface area contributed by atoms with E-state index in [0.29, 0.717) is 5.88 Å². The second kappa shape index (κ2) is 8.25. The minimum Gasteiger partial charge on any atom is -0.481 e. The van der Waals surface area contributed by atoms with Crippen molar-refractivity contribution in [2.24, 2.45) is 0 Å². The standard InChI is InChI=1S/C20H16ClN3OS2/c1-25-18-6-5-14(10-22-18)19-20-16(7-8-27-20)23-17(24-19)12-26-11-13-3-2-4-15(21)9-13/h2-10H,11-12H2,1H3. The van der Waals surface area contributed by atoms with Gasteiger partial charge in [0.15, 0.2) is 0 Å². The lowest BCUT2D eigenvalue weighted by Crippen LogP contribution is -1.97. The SMILES string of the molecule is COc1ccc(-c2nc(CSCc3cccc(Cl)c3)nc3ccsc23)cn1. The summed E-state index contributed by atoms with van der Waals surface area (Å²) in [6.45, 7) is 0. The zero-order chi connectivity index (χ0) is 18.6. The number of halogens is 1. The van der Waals surface area contributed by atoms with E-state index in [0.717, 1.165) is 43.8 Å². The van der Waals surface area contributed by atoms with Gasteiger partial charge in [0, 0.05) is 28.6 Å². The highest BCUT2D eigenvalue weighted by Crippen LogP contribution is 2.31. The Hall–Kier alpha value is -2.15. The quantitative estimate of drug-likeness (QED) is 0.397. The molecule has 0 aliphatic carbocycles. The van der Waals surface area contributed by atoms with Gasteiger partial charge < -0.3 is 4.74 Å². The second-order valence-corrected chi connectivity index (χ2v) is 8.17. The molecule has 27 heavy (non-hydrogen) atoms. The molecule has 0 fully saturated rings. The molecule has 0 aliphatic heterocycles. The summed E-state index contributed by atoms with van der Waals surface area (Å²) >= 11 is 9.47. The summed E-state index contributed by atoms with van der Waals surface area (Å²) in [5.74, 6) is 3.01. The van der Waals surface area contributed by atoms with Crippen molar-refractivity contribution in [3.8, 4) is 17.1 Å². The Labute approximate surface area is 170 Å². The molecule has 0 aliphatic rings. The summed E-state index contributed by atoms with van der Waals surface area (Å²) < 4.78 is 6.23. The van der Waals surface area contributed by atoms with Crippen LogP contribution in [0, 0.1) is 0 Å². The molecule has 7 heteroatoms. The van der Waals surface area contributed by atoms with Crippen LogP contribution in [0.25, 0.3) is 21.5 Å². The molecule has 4 nitrogen and oxygen atoms in total. The lowest BCUT2D eigenvalue weighted by atomic mass is 10.2. The van der Waals surface area contributed by atoms with Crippen molar-refractivity contribution in [3.05, 3.63) is 70.5 Å². The van der Waals surface area contributed by atoms with Gasteiger partial charge in [-0.2, -0.15) is 0 Å². The molecule has 0 amide bonds. The molecule has 4 rings (SSSR count). The van der Waals surface area contributed by atoms with Crippen molar-refractivity contribution in [2.75, 3.05) is 7.11 Å². The van der Waals surface area contributed by atoms with E-state index in [4.69, 9.17) is 26.3 Å². The number of fused-ring (bicyclic) bond motifs is 1. The molecule has 0 unspecified atom stereocenters. The predicted molar refractivity (Wildman–Crippen MR) is 114 cm³/mol. The van der Waals surface area contributed by atoms with Crippen molar-refractivity contribution in [3.63, 3.8) is 0 Å². The van der Waals surface area contributed by atoms with E-state index in [2.05, 4.69) is 11.1 Å². The van der Waals surface area contributed by atoms with Gasteiger partial charge in [-0.3, -0.25) is 0 Å². The van der Waals surface area contributed by atoms with Gasteiger partial charge in [0.05, 0.1) is 28.8 Å². The number of aromatic nitrogens is 3. The zero-order valence-electron chi connectivity index (χ0n) is 14.6. The fourth-order valence-corrected chi connectivity index (χ4v) is 4.58. The third kappa shape index (κ3) is 4.24. The van der Waals surface area contributed by atoms with E-state index >= 15 is 0 Å². The Kier molecular flexibility index (Phi) is 5.57. The number of thiophene rings is 1. The third-order valence-corrected chi connectivity index (χ3v) is 6.10. The van der Waals surface area contributed by atoms with Crippen LogP contribution in [0.5, 0.6) is 5.88 Å². The topological polar surface area (TPSA) is 47.9 Å². The molecule has 0 saturated carbocycles. The number of hydrogen-bond donors (Lipinski definition) is 0. The predicted octanol–water partition coefficient (Wildman–Crippen LogP) is 5.85. The fourth-order valence-electron chi connectivity index (χ4n) is 2.70. The molecule has 3 heterocycles. The summed E-state index contributed by atoms with van der Waals surface area (Å²) in [4.78, 5) is 13.8. The van der Waals surface area contributed by atoms with Crippen LogP contribution in [0.2, 0.25) is 5.02 Å². The van der Waals surface area contributed by atoms with Crippen molar-refractivity contribution in [2.45, 2.75) is 11.5 Å². The molecule has 4 aromatic rings. The van der Waals surface area contributed by atoms with Gasteiger partial charge in [0.25, 0.3) is 0 Å². The van der Waals surface area contributed by atoms with Crippen molar-refractivity contribution >= 4 is 44.9 Å². The van der Waals surface area contributed by atoms with Gasteiger partial charge in [-0.25, -0.2) is 15.0 Å². The van der Waals surface area contributed by atoms with Gasteiger partial charge >= 0.3 is 0 Å². The number of pyridine rings is 1. The number of nitrogens with zero attached hydrogens (tertiary/aromatic N) is 3. The Morgan fingerprint density at radius 3 is 2.81 bits per heavy atom. The molecular formula is C20H16ClN3OS2. The van der Waals surface area contributed by atoms with Crippen LogP contribution in [0.15, 0.2) is 54.0 Å². The van der Waals surface area contributed by atoms with Gasteiger partial charge in [0.1, 0.15) is 5.82 Å². The molecule has 136 valence electrons. The van der Waals surface area contributed by atoms with Gasteiger partial charge in [-0.05, 0) is 35.2 Å². The Bertz CT molecular complexity index is 1070. The Morgan fingerprint density at radius 1 is 1.11 bits per heavy atom. The number of ether oxygens (including phenoxy) is 1. The summed E-state index contributed by atoms with van der Waals surface area (Å²) in [6.07, 6.45) is 1.79. The Morgan fingerprint density at radius 2 is 2.04 bits per heavy atom. The van der Waals surface area contributed by atoms with Crippen molar-refractivity contribution in [1.82, 2.24) is 15.0 Å². The minimum atomic E-state index is 0.590. The molecule has 3 aromatic heterocycles. The van der Waals surface area contributed by atoms with E-state index in [9.17, 15) is 0 Å². The van der Waals surface area contributed by atoms with Gasteiger partial charge in [-0.15, -0.1) is 23.1 Å². The zero-order valence-corrected chi connectivity index (χ0v) is 16.9. The molecule has 0 spiro atoms. The van der Waals surface area contributed by atoms with Gasteiger partial charge in [-0.1, -0.05) is 23.7 Å².